The van der Waals surface area contributed by atoms with E-state index in [4.69, 9.17) is 21.1 Å². The smallest absolute Gasteiger partial charge is 0.161 e. The molecule has 0 bridgehead atoms. The minimum Gasteiger partial charge on any atom is -0.490 e. The van der Waals surface area contributed by atoms with Gasteiger partial charge in [0.05, 0.1) is 6.61 Å². The topological polar surface area (TPSA) is 30.5 Å². The van der Waals surface area contributed by atoms with Crippen molar-refractivity contribution in [2.75, 3.05) is 26.3 Å². The maximum Gasteiger partial charge on any atom is 0.161 e. The van der Waals surface area contributed by atoms with Crippen molar-refractivity contribution < 1.29 is 9.47 Å². The largest absolute Gasteiger partial charge is 0.490 e. The first kappa shape index (κ1) is 15.1. The molecule has 0 saturated carbocycles. The first-order chi connectivity index (χ1) is 8.74. The number of ether oxygens (including phenoxy) is 2. The highest BCUT2D eigenvalue weighted by Crippen LogP contribution is 2.25. The molecule has 0 aliphatic carbocycles. The monoisotopic (exact) mass is 271 g/mol. The van der Waals surface area contributed by atoms with Crippen molar-refractivity contribution in [2.24, 2.45) is 0 Å². The second kappa shape index (κ2) is 9.06. The average molecular weight is 272 g/mol. The van der Waals surface area contributed by atoms with Crippen molar-refractivity contribution in [3.05, 3.63) is 24.3 Å². The molecule has 4 heteroatoms. The van der Waals surface area contributed by atoms with Crippen LogP contribution in [0.5, 0.6) is 11.5 Å². The quantitative estimate of drug-likeness (QED) is 0.553. The van der Waals surface area contributed by atoms with E-state index in [1.54, 1.807) is 0 Å². The molecule has 0 fully saturated rings. The molecule has 1 unspecified atom stereocenters. The van der Waals surface area contributed by atoms with Gasteiger partial charge in [0.15, 0.2) is 11.5 Å². The number of benzene rings is 1. The highest BCUT2D eigenvalue weighted by Gasteiger charge is 2.02. The van der Waals surface area contributed by atoms with E-state index >= 15 is 0 Å². The molecule has 3 nitrogen and oxygen atoms in total. The molecule has 18 heavy (non-hydrogen) atoms. The van der Waals surface area contributed by atoms with Crippen molar-refractivity contribution in [2.45, 2.75) is 25.6 Å². The van der Waals surface area contributed by atoms with E-state index in [1.807, 2.05) is 38.1 Å². The van der Waals surface area contributed by atoms with Gasteiger partial charge in [-0.25, -0.2) is 0 Å². The lowest BCUT2D eigenvalue weighted by molar-refractivity contribution is 0.276. The second-order valence-electron chi connectivity index (χ2n) is 4.05. The highest BCUT2D eigenvalue weighted by molar-refractivity contribution is 6.20. The fourth-order valence-electron chi connectivity index (χ4n) is 1.50. The van der Waals surface area contributed by atoms with E-state index in [0.29, 0.717) is 13.2 Å². The number of halogens is 1. The van der Waals surface area contributed by atoms with Crippen LogP contribution in [0.3, 0.4) is 0 Å². The maximum absolute atomic E-state index is 5.85. The molecule has 0 aliphatic rings. The second-order valence-corrected chi connectivity index (χ2v) is 4.79. The van der Waals surface area contributed by atoms with E-state index in [9.17, 15) is 0 Å². The number of alkyl halides is 1. The third-order valence-corrected chi connectivity index (χ3v) is 2.62. The number of rotatable bonds is 9. The first-order valence-electron chi connectivity index (χ1n) is 6.43. The zero-order chi connectivity index (χ0) is 13.2. The Labute approximate surface area is 114 Å². The summed E-state index contributed by atoms with van der Waals surface area (Å²) in [6.45, 7) is 6.96. The van der Waals surface area contributed by atoms with Gasteiger partial charge in [-0.1, -0.05) is 12.1 Å². The van der Waals surface area contributed by atoms with Gasteiger partial charge >= 0.3 is 0 Å². The van der Waals surface area contributed by atoms with Gasteiger partial charge in [0.25, 0.3) is 0 Å². The minimum absolute atomic E-state index is 0.220. The van der Waals surface area contributed by atoms with Crippen molar-refractivity contribution in [3.8, 4) is 11.5 Å². The maximum atomic E-state index is 5.85. The molecule has 0 aromatic heterocycles. The van der Waals surface area contributed by atoms with Crippen LogP contribution < -0.4 is 14.8 Å². The molecule has 1 aromatic carbocycles. The Morgan fingerprint density at radius 2 is 1.83 bits per heavy atom. The molecule has 102 valence electrons. The SMILES string of the molecule is CCOc1ccccc1OCCNCCC(C)Cl. The lowest BCUT2D eigenvalue weighted by Gasteiger charge is -2.12. The fourth-order valence-corrected chi connectivity index (χ4v) is 1.61. The van der Waals surface area contributed by atoms with Crippen LogP contribution >= 0.6 is 11.6 Å². The number of hydrogen-bond donors (Lipinski definition) is 1. The molecular formula is C14H22ClNO2. The molecule has 0 saturated heterocycles. The summed E-state index contributed by atoms with van der Waals surface area (Å²) in [6.07, 6.45) is 0.969. The minimum atomic E-state index is 0.220. The molecule has 0 aliphatic heterocycles. The van der Waals surface area contributed by atoms with Crippen molar-refractivity contribution in [1.82, 2.24) is 5.32 Å². The van der Waals surface area contributed by atoms with Crippen LogP contribution in [0.15, 0.2) is 24.3 Å². The summed E-state index contributed by atoms with van der Waals surface area (Å²) in [5.41, 5.74) is 0. The number of nitrogens with one attached hydrogen (secondary N) is 1. The van der Waals surface area contributed by atoms with Crippen LogP contribution in [0.4, 0.5) is 0 Å². The van der Waals surface area contributed by atoms with Crippen LogP contribution in [-0.4, -0.2) is 31.7 Å². The molecule has 1 aromatic rings. The van der Waals surface area contributed by atoms with Crippen LogP contribution in [0.2, 0.25) is 0 Å². The lowest BCUT2D eigenvalue weighted by Crippen LogP contribution is -2.23. The molecule has 1 N–H and O–H groups in total. The summed E-state index contributed by atoms with van der Waals surface area (Å²) in [5.74, 6) is 1.60. The molecule has 0 heterocycles. The van der Waals surface area contributed by atoms with E-state index in [-0.39, 0.29) is 5.38 Å². The van der Waals surface area contributed by atoms with Gasteiger partial charge in [-0.3, -0.25) is 0 Å². The normalized spacial score (nSPS) is 12.2. The fraction of sp³-hybridized carbons (Fsp3) is 0.571. The molecule has 1 rings (SSSR count). The standard InChI is InChI=1S/C14H22ClNO2/c1-3-17-13-6-4-5-7-14(13)18-11-10-16-9-8-12(2)15/h4-7,12,16H,3,8-11H2,1-2H3. The lowest BCUT2D eigenvalue weighted by atomic mass is 10.3. The highest BCUT2D eigenvalue weighted by atomic mass is 35.5. The first-order valence-corrected chi connectivity index (χ1v) is 6.87. The Morgan fingerprint density at radius 1 is 1.17 bits per heavy atom. The van der Waals surface area contributed by atoms with Crippen LogP contribution in [0.25, 0.3) is 0 Å². The van der Waals surface area contributed by atoms with Gasteiger partial charge in [0, 0.05) is 11.9 Å². The van der Waals surface area contributed by atoms with Crippen LogP contribution in [-0.2, 0) is 0 Å². The molecule has 0 radical (unpaired) electrons. The van der Waals surface area contributed by atoms with Crippen molar-refractivity contribution in [1.29, 1.82) is 0 Å². The van der Waals surface area contributed by atoms with E-state index in [2.05, 4.69) is 5.32 Å². The van der Waals surface area contributed by atoms with Gasteiger partial charge in [-0.2, -0.15) is 0 Å². The Balaban J connectivity index is 2.22. The Hall–Kier alpha value is -0.930. The summed E-state index contributed by atoms with van der Waals surface area (Å²) >= 11 is 5.85. The zero-order valence-electron chi connectivity index (χ0n) is 11.1. The van der Waals surface area contributed by atoms with Crippen LogP contribution in [0.1, 0.15) is 20.3 Å². The summed E-state index contributed by atoms with van der Waals surface area (Å²) < 4.78 is 11.2. The van der Waals surface area contributed by atoms with Gasteiger partial charge in [-0.15, -0.1) is 11.6 Å². The van der Waals surface area contributed by atoms with Gasteiger partial charge in [0.1, 0.15) is 6.61 Å². The third kappa shape index (κ3) is 6.12. The molecular weight excluding hydrogens is 250 g/mol. The Morgan fingerprint density at radius 3 is 2.44 bits per heavy atom. The van der Waals surface area contributed by atoms with E-state index < -0.39 is 0 Å². The van der Waals surface area contributed by atoms with Crippen LogP contribution in [0, 0.1) is 0 Å². The van der Waals surface area contributed by atoms with Gasteiger partial charge in [-0.05, 0) is 38.9 Å². The number of hydrogen-bond acceptors (Lipinski definition) is 3. The van der Waals surface area contributed by atoms with Crippen molar-refractivity contribution >= 4 is 11.6 Å². The number of para-hydroxylation sites is 2. The summed E-state index contributed by atoms with van der Waals surface area (Å²) in [4.78, 5) is 0. The molecule has 1 atom stereocenters. The zero-order valence-corrected chi connectivity index (χ0v) is 11.9. The average Bonchev–Trinajstić information content (AvgIpc) is 2.35. The molecule has 0 amide bonds. The Kier molecular flexibility index (Phi) is 7.62. The third-order valence-electron chi connectivity index (χ3n) is 2.40. The summed E-state index contributed by atoms with van der Waals surface area (Å²) in [6, 6.07) is 7.73. The van der Waals surface area contributed by atoms with E-state index in [0.717, 1.165) is 31.0 Å². The molecule has 0 spiro atoms. The Bertz CT molecular complexity index is 331. The van der Waals surface area contributed by atoms with Crippen molar-refractivity contribution in [3.63, 3.8) is 0 Å². The van der Waals surface area contributed by atoms with Gasteiger partial charge in [0.2, 0.25) is 0 Å². The summed E-state index contributed by atoms with van der Waals surface area (Å²) in [5, 5.41) is 3.51. The van der Waals surface area contributed by atoms with E-state index in [1.165, 1.54) is 0 Å². The predicted octanol–water partition coefficient (Wildman–Crippen LogP) is 3.07. The summed E-state index contributed by atoms with van der Waals surface area (Å²) in [7, 11) is 0. The predicted molar refractivity (Wildman–Crippen MR) is 75.9 cm³/mol. The van der Waals surface area contributed by atoms with Gasteiger partial charge < -0.3 is 14.8 Å².